The Labute approximate surface area is 118 Å². The van der Waals surface area contributed by atoms with Crippen LogP contribution in [0.25, 0.3) is 0 Å². The summed E-state index contributed by atoms with van der Waals surface area (Å²) in [7, 11) is 0. The molecule has 0 saturated heterocycles. The average Bonchev–Trinajstić information content (AvgIpc) is 2.38. The molecule has 0 N–H and O–H groups in total. The predicted molar refractivity (Wildman–Crippen MR) is 76.6 cm³/mol. The molecule has 0 heterocycles. The zero-order valence-electron chi connectivity index (χ0n) is 10.7. The fraction of sp³-hybridized carbons (Fsp3) is 0.188. The SMILES string of the molecule is CC(=O)Cc1cccc(Cl)c1OCc1ccccc1. The minimum Gasteiger partial charge on any atom is -0.487 e. The molecule has 0 unspecified atom stereocenters. The van der Waals surface area contributed by atoms with E-state index in [4.69, 9.17) is 16.3 Å². The number of halogens is 1. The molecule has 0 aliphatic rings. The van der Waals surface area contributed by atoms with E-state index >= 15 is 0 Å². The highest BCUT2D eigenvalue weighted by Crippen LogP contribution is 2.29. The second-order valence-electron chi connectivity index (χ2n) is 4.38. The van der Waals surface area contributed by atoms with Crippen molar-refractivity contribution in [2.75, 3.05) is 0 Å². The minimum absolute atomic E-state index is 0.0897. The first kappa shape index (κ1) is 13.6. The van der Waals surface area contributed by atoms with E-state index in [9.17, 15) is 4.79 Å². The van der Waals surface area contributed by atoms with Gasteiger partial charge in [0, 0.05) is 12.0 Å². The zero-order chi connectivity index (χ0) is 13.7. The number of rotatable bonds is 5. The van der Waals surface area contributed by atoms with Gasteiger partial charge in [0.05, 0.1) is 5.02 Å². The van der Waals surface area contributed by atoms with E-state index < -0.39 is 0 Å². The number of benzene rings is 2. The van der Waals surface area contributed by atoms with Crippen molar-refractivity contribution in [3.63, 3.8) is 0 Å². The maximum absolute atomic E-state index is 11.3. The summed E-state index contributed by atoms with van der Waals surface area (Å²) in [5, 5.41) is 0.537. The Morgan fingerprint density at radius 1 is 1.11 bits per heavy atom. The van der Waals surface area contributed by atoms with Crippen LogP contribution >= 0.6 is 11.6 Å². The van der Waals surface area contributed by atoms with Crippen LogP contribution in [-0.4, -0.2) is 5.78 Å². The van der Waals surface area contributed by atoms with E-state index in [2.05, 4.69) is 0 Å². The second-order valence-corrected chi connectivity index (χ2v) is 4.79. The largest absolute Gasteiger partial charge is 0.487 e. The molecular formula is C16H15ClO2. The first-order valence-corrected chi connectivity index (χ1v) is 6.48. The number of carbonyl (C=O) groups is 1. The van der Waals surface area contributed by atoms with Gasteiger partial charge in [0.2, 0.25) is 0 Å². The van der Waals surface area contributed by atoms with Gasteiger partial charge in [0.1, 0.15) is 18.1 Å². The Bertz CT molecular complexity index is 564. The lowest BCUT2D eigenvalue weighted by atomic mass is 10.1. The lowest BCUT2D eigenvalue weighted by Gasteiger charge is -2.12. The third-order valence-electron chi connectivity index (χ3n) is 2.71. The number of ether oxygens (including phenoxy) is 1. The molecule has 2 aromatic rings. The highest BCUT2D eigenvalue weighted by molar-refractivity contribution is 6.32. The third kappa shape index (κ3) is 3.83. The molecule has 3 heteroatoms. The first-order chi connectivity index (χ1) is 9.16. The van der Waals surface area contributed by atoms with Crippen LogP contribution in [-0.2, 0) is 17.8 Å². The number of ketones is 1. The summed E-state index contributed by atoms with van der Waals surface area (Å²) in [6.07, 6.45) is 0.338. The molecule has 0 amide bonds. The van der Waals surface area contributed by atoms with Crippen LogP contribution in [0.5, 0.6) is 5.75 Å². The van der Waals surface area contributed by atoms with E-state index in [0.29, 0.717) is 23.8 Å². The van der Waals surface area contributed by atoms with Gasteiger partial charge in [0.25, 0.3) is 0 Å². The molecule has 98 valence electrons. The standard InChI is InChI=1S/C16H15ClO2/c1-12(18)10-14-8-5-9-15(17)16(14)19-11-13-6-3-2-4-7-13/h2-9H,10-11H2,1H3. The van der Waals surface area contributed by atoms with Crippen LogP contribution in [0.15, 0.2) is 48.5 Å². The van der Waals surface area contributed by atoms with Crippen molar-refractivity contribution in [1.29, 1.82) is 0 Å². The molecule has 19 heavy (non-hydrogen) atoms. The number of hydrogen-bond donors (Lipinski definition) is 0. The molecule has 0 aliphatic carbocycles. The van der Waals surface area contributed by atoms with Crippen molar-refractivity contribution in [1.82, 2.24) is 0 Å². The monoisotopic (exact) mass is 274 g/mol. The molecule has 0 atom stereocenters. The Morgan fingerprint density at radius 3 is 2.53 bits per heavy atom. The Balaban J connectivity index is 2.17. The van der Waals surface area contributed by atoms with Crippen LogP contribution in [0.1, 0.15) is 18.1 Å². The molecule has 2 rings (SSSR count). The second kappa shape index (κ2) is 6.39. The number of hydrogen-bond acceptors (Lipinski definition) is 2. The summed E-state index contributed by atoms with van der Waals surface area (Å²) in [6.45, 7) is 2.00. The van der Waals surface area contributed by atoms with E-state index in [1.54, 1.807) is 13.0 Å². The quantitative estimate of drug-likeness (QED) is 0.822. The van der Waals surface area contributed by atoms with Gasteiger partial charge < -0.3 is 4.74 Å². The van der Waals surface area contributed by atoms with Gasteiger partial charge in [-0.3, -0.25) is 4.79 Å². The molecule has 2 aromatic carbocycles. The molecule has 0 aromatic heterocycles. The molecule has 0 spiro atoms. The average molecular weight is 275 g/mol. The van der Waals surface area contributed by atoms with Crippen LogP contribution in [0.4, 0.5) is 0 Å². The minimum atomic E-state index is 0.0897. The van der Waals surface area contributed by atoms with E-state index in [1.165, 1.54) is 0 Å². The summed E-state index contributed by atoms with van der Waals surface area (Å²) in [4.78, 5) is 11.3. The van der Waals surface area contributed by atoms with Gasteiger partial charge in [-0.15, -0.1) is 0 Å². The number of carbonyl (C=O) groups excluding carboxylic acids is 1. The van der Waals surface area contributed by atoms with E-state index in [1.807, 2.05) is 42.5 Å². The van der Waals surface area contributed by atoms with Gasteiger partial charge in [-0.2, -0.15) is 0 Å². The van der Waals surface area contributed by atoms with Crippen molar-refractivity contribution < 1.29 is 9.53 Å². The molecule has 0 aliphatic heterocycles. The fourth-order valence-electron chi connectivity index (χ4n) is 1.85. The summed E-state index contributed by atoms with van der Waals surface area (Å²) in [6, 6.07) is 15.3. The zero-order valence-corrected chi connectivity index (χ0v) is 11.5. The smallest absolute Gasteiger partial charge is 0.142 e. The van der Waals surface area contributed by atoms with Crippen molar-refractivity contribution in [3.05, 3.63) is 64.7 Å². The highest BCUT2D eigenvalue weighted by Gasteiger charge is 2.10. The summed E-state index contributed by atoms with van der Waals surface area (Å²) in [5.74, 6) is 0.690. The van der Waals surface area contributed by atoms with Gasteiger partial charge >= 0.3 is 0 Å². The van der Waals surface area contributed by atoms with E-state index in [-0.39, 0.29) is 5.78 Å². The van der Waals surface area contributed by atoms with Crippen molar-refractivity contribution in [2.45, 2.75) is 20.0 Å². The molecule has 0 bridgehead atoms. The van der Waals surface area contributed by atoms with Crippen molar-refractivity contribution in [2.24, 2.45) is 0 Å². The van der Waals surface area contributed by atoms with Crippen LogP contribution < -0.4 is 4.74 Å². The Morgan fingerprint density at radius 2 is 1.84 bits per heavy atom. The molecule has 2 nitrogen and oxygen atoms in total. The van der Waals surface area contributed by atoms with Crippen LogP contribution in [0.2, 0.25) is 5.02 Å². The lowest BCUT2D eigenvalue weighted by molar-refractivity contribution is -0.116. The lowest BCUT2D eigenvalue weighted by Crippen LogP contribution is -2.03. The number of Topliss-reactive ketones (excluding diaryl/α,β-unsaturated/α-hetero) is 1. The molecule has 0 fully saturated rings. The van der Waals surface area contributed by atoms with Crippen molar-refractivity contribution in [3.8, 4) is 5.75 Å². The Hall–Kier alpha value is -1.80. The van der Waals surface area contributed by atoms with Crippen LogP contribution in [0, 0.1) is 0 Å². The van der Waals surface area contributed by atoms with E-state index in [0.717, 1.165) is 11.1 Å². The predicted octanol–water partition coefficient (Wildman–Crippen LogP) is 4.05. The first-order valence-electron chi connectivity index (χ1n) is 6.10. The maximum atomic E-state index is 11.3. The normalized spacial score (nSPS) is 10.2. The third-order valence-corrected chi connectivity index (χ3v) is 3.01. The van der Waals surface area contributed by atoms with Crippen LogP contribution in [0.3, 0.4) is 0 Å². The molecule has 0 saturated carbocycles. The molecular weight excluding hydrogens is 260 g/mol. The topological polar surface area (TPSA) is 26.3 Å². The summed E-state index contributed by atoms with van der Waals surface area (Å²) in [5.41, 5.74) is 1.90. The molecule has 0 radical (unpaired) electrons. The Kier molecular flexibility index (Phi) is 4.58. The number of para-hydroxylation sites is 1. The fourth-order valence-corrected chi connectivity index (χ4v) is 2.10. The maximum Gasteiger partial charge on any atom is 0.142 e. The van der Waals surface area contributed by atoms with Gasteiger partial charge in [-0.25, -0.2) is 0 Å². The van der Waals surface area contributed by atoms with Gasteiger partial charge in [-0.05, 0) is 18.6 Å². The van der Waals surface area contributed by atoms with Crippen molar-refractivity contribution >= 4 is 17.4 Å². The van der Waals surface area contributed by atoms with Gasteiger partial charge in [-0.1, -0.05) is 54.1 Å². The van der Waals surface area contributed by atoms with Gasteiger partial charge in [0.15, 0.2) is 0 Å². The summed E-state index contributed by atoms with van der Waals surface area (Å²) < 4.78 is 5.77. The summed E-state index contributed by atoms with van der Waals surface area (Å²) >= 11 is 6.14. The highest BCUT2D eigenvalue weighted by atomic mass is 35.5.